The number of carboxylic acid groups (broad SMARTS) is 1. The predicted octanol–water partition coefficient (Wildman–Crippen LogP) is 1.53. The van der Waals surface area contributed by atoms with Crippen molar-refractivity contribution >= 4 is 39.2 Å². The summed E-state index contributed by atoms with van der Waals surface area (Å²) < 4.78 is 39.9. The fourth-order valence-corrected chi connectivity index (χ4v) is 6.01. The van der Waals surface area contributed by atoms with Crippen LogP contribution in [0, 0.1) is 5.92 Å². The molecule has 0 amide bonds. The highest BCUT2D eigenvalue weighted by Crippen LogP contribution is 2.37. The fourth-order valence-electron chi connectivity index (χ4n) is 3.05. The van der Waals surface area contributed by atoms with Crippen LogP contribution in [-0.2, 0) is 24.1 Å². The molecule has 0 spiro atoms. The van der Waals surface area contributed by atoms with Gasteiger partial charge in [-0.25, -0.2) is 8.42 Å². The Kier molecular flexibility index (Phi) is 5.03. The molecule has 2 aliphatic rings. The molecule has 1 aromatic heterocycles. The normalized spacial score (nSPS) is 26.2. The number of aliphatic carboxylic acids is 1. The first-order valence-electron chi connectivity index (χ1n) is 8.62. The van der Waals surface area contributed by atoms with E-state index in [1.165, 1.54) is 4.31 Å². The summed E-state index contributed by atoms with van der Waals surface area (Å²) in [6.45, 7) is 8.13. The van der Waals surface area contributed by atoms with Crippen LogP contribution >= 0.6 is 11.3 Å². The quantitative estimate of drug-likeness (QED) is 0.770. The molecule has 7 nitrogen and oxygen atoms in total. The number of nitrogens with zero attached hydrogens (tertiary/aromatic N) is 1. The zero-order chi connectivity index (χ0) is 19.3. The van der Waals surface area contributed by atoms with Crippen molar-refractivity contribution in [2.24, 2.45) is 5.92 Å². The Morgan fingerprint density at radius 2 is 1.88 bits per heavy atom. The fraction of sp³-hybridized carbons (Fsp3) is 0.688. The lowest BCUT2D eigenvalue weighted by Crippen LogP contribution is -2.42. The second-order valence-corrected chi connectivity index (χ2v) is 11.1. The van der Waals surface area contributed by atoms with Gasteiger partial charge in [0.1, 0.15) is 4.21 Å². The number of carbonyl (C=O) groups is 1. The summed E-state index contributed by atoms with van der Waals surface area (Å²) in [5.41, 5.74) is -0.995. The standard InChI is InChI=1S/C16H24BNO6S2/c1-15(2)16(3,4)24-17(23-15)12-7-8-13(25-12)26(21,22)18-9-5-6-11(10-18)14(19)20/h7-8,11H,5-6,9-10H2,1-4H3,(H,19,20)/t11-/m0/s1. The third kappa shape index (κ3) is 3.45. The van der Waals surface area contributed by atoms with E-state index >= 15 is 0 Å². The summed E-state index contributed by atoms with van der Waals surface area (Å²) in [6.07, 6.45) is 1.05. The van der Waals surface area contributed by atoms with E-state index in [4.69, 9.17) is 9.31 Å². The van der Waals surface area contributed by atoms with Crippen LogP contribution in [0.5, 0.6) is 0 Å². The van der Waals surface area contributed by atoms with Crippen molar-refractivity contribution in [1.29, 1.82) is 0 Å². The first kappa shape index (κ1) is 19.8. The van der Waals surface area contributed by atoms with E-state index in [9.17, 15) is 18.3 Å². The van der Waals surface area contributed by atoms with Crippen LogP contribution in [0.4, 0.5) is 0 Å². The van der Waals surface area contributed by atoms with Crippen molar-refractivity contribution in [3.05, 3.63) is 12.1 Å². The van der Waals surface area contributed by atoms with E-state index in [-0.39, 0.29) is 10.8 Å². The molecule has 3 rings (SSSR count). The van der Waals surface area contributed by atoms with Gasteiger partial charge < -0.3 is 14.4 Å². The average Bonchev–Trinajstić information content (AvgIpc) is 3.11. The predicted molar refractivity (Wildman–Crippen MR) is 99.2 cm³/mol. The topological polar surface area (TPSA) is 93.1 Å². The van der Waals surface area contributed by atoms with Crippen LogP contribution in [0.2, 0.25) is 0 Å². The van der Waals surface area contributed by atoms with Gasteiger partial charge in [0.05, 0.1) is 17.1 Å². The molecule has 2 fully saturated rings. The molecule has 0 unspecified atom stereocenters. The van der Waals surface area contributed by atoms with Gasteiger partial charge in [0.2, 0.25) is 0 Å². The minimum Gasteiger partial charge on any atom is -0.481 e. The Bertz CT molecular complexity index is 787. The van der Waals surface area contributed by atoms with Crippen molar-refractivity contribution < 1.29 is 27.6 Å². The van der Waals surface area contributed by atoms with Gasteiger partial charge in [0, 0.05) is 17.9 Å². The summed E-state index contributed by atoms with van der Waals surface area (Å²) in [5, 5.41) is 9.19. The first-order valence-corrected chi connectivity index (χ1v) is 10.9. The monoisotopic (exact) mass is 401 g/mol. The van der Waals surface area contributed by atoms with Crippen LogP contribution in [-0.4, -0.2) is 55.2 Å². The highest BCUT2D eigenvalue weighted by atomic mass is 32.2. The van der Waals surface area contributed by atoms with Crippen LogP contribution in [0.25, 0.3) is 0 Å². The molecule has 0 radical (unpaired) electrons. The zero-order valence-corrected chi connectivity index (χ0v) is 17.0. The molecule has 26 heavy (non-hydrogen) atoms. The van der Waals surface area contributed by atoms with E-state index in [2.05, 4.69) is 0 Å². The van der Waals surface area contributed by atoms with Crippen molar-refractivity contribution in [3.8, 4) is 0 Å². The highest BCUT2D eigenvalue weighted by molar-refractivity contribution is 7.91. The first-order chi connectivity index (χ1) is 11.9. The third-order valence-electron chi connectivity index (χ3n) is 5.42. The molecule has 1 N–H and O–H groups in total. The number of carboxylic acids is 1. The van der Waals surface area contributed by atoms with Crippen molar-refractivity contribution in [2.75, 3.05) is 13.1 Å². The summed E-state index contributed by atoms with van der Waals surface area (Å²) in [7, 11) is -4.33. The second kappa shape index (κ2) is 6.59. The summed E-state index contributed by atoms with van der Waals surface area (Å²) in [6, 6.07) is 3.25. The van der Waals surface area contributed by atoms with Gasteiger partial charge in [-0.05, 0) is 46.6 Å². The molecule has 0 bridgehead atoms. The molecule has 1 aromatic rings. The van der Waals surface area contributed by atoms with Gasteiger partial charge in [0.25, 0.3) is 10.0 Å². The van der Waals surface area contributed by atoms with Gasteiger partial charge in [-0.15, -0.1) is 11.3 Å². The van der Waals surface area contributed by atoms with Crippen molar-refractivity contribution in [1.82, 2.24) is 4.31 Å². The molecule has 0 aliphatic carbocycles. The minimum atomic E-state index is -3.72. The number of thiophene rings is 1. The summed E-state index contributed by atoms with van der Waals surface area (Å²) in [5.74, 6) is -1.60. The van der Waals surface area contributed by atoms with E-state index in [1.807, 2.05) is 27.7 Å². The van der Waals surface area contributed by atoms with Crippen LogP contribution in [0.3, 0.4) is 0 Å². The average molecular weight is 401 g/mol. The lowest BCUT2D eigenvalue weighted by molar-refractivity contribution is -0.142. The van der Waals surface area contributed by atoms with Crippen LogP contribution in [0.1, 0.15) is 40.5 Å². The molecule has 1 atom stereocenters. The number of rotatable bonds is 4. The SMILES string of the molecule is CC1(C)OB(c2ccc(S(=O)(=O)N3CCC[C@H](C(=O)O)C3)s2)OC1(C)C. The molecule has 2 saturated heterocycles. The lowest BCUT2D eigenvalue weighted by atomic mass is 9.88. The van der Waals surface area contributed by atoms with Crippen LogP contribution < -0.4 is 4.78 Å². The lowest BCUT2D eigenvalue weighted by Gasteiger charge is -2.32. The zero-order valence-electron chi connectivity index (χ0n) is 15.4. The maximum Gasteiger partial charge on any atom is 0.505 e. The van der Waals surface area contributed by atoms with E-state index < -0.39 is 40.2 Å². The molecular formula is C16H24BNO6S2. The maximum atomic E-state index is 12.9. The summed E-state index contributed by atoms with van der Waals surface area (Å²) in [4.78, 5) is 11.2. The number of hydrogen-bond donors (Lipinski definition) is 1. The Hall–Kier alpha value is -0.935. The van der Waals surface area contributed by atoms with Crippen molar-refractivity contribution in [2.45, 2.75) is 55.9 Å². The molecule has 2 aliphatic heterocycles. The van der Waals surface area contributed by atoms with Gasteiger partial charge in [-0.3, -0.25) is 4.79 Å². The molecular weight excluding hydrogens is 377 g/mol. The Labute approximate surface area is 158 Å². The van der Waals surface area contributed by atoms with Gasteiger partial charge in [-0.2, -0.15) is 4.31 Å². The van der Waals surface area contributed by atoms with Gasteiger partial charge in [0.15, 0.2) is 0 Å². The van der Waals surface area contributed by atoms with Crippen LogP contribution in [0.15, 0.2) is 16.3 Å². The number of hydrogen-bond acceptors (Lipinski definition) is 6. The van der Waals surface area contributed by atoms with E-state index in [1.54, 1.807) is 12.1 Å². The molecule has 0 aromatic carbocycles. The second-order valence-electron chi connectivity index (χ2n) is 7.79. The minimum absolute atomic E-state index is 0.0153. The van der Waals surface area contributed by atoms with E-state index in [0.717, 1.165) is 11.3 Å². The maximum absolute atomic E-state index is 12.9. The van der Waals surface area contributed by atoms with E-state index in [0.29, 0.717) is 24.2 Å². The van der Waals surface area contributed by atoms with Gasteiger partial charge >= 0.3 is 13.1 Å². The number of piperidine rings is 1. The summed E-state index contributed by atoms with van der Waals surface area (Å²) >= 11 is 1.11. The molecule has 10 heteroatoms. The Morgan fingerprint density at radius 3 is 2.46 bits per heavy atom. The molecule has 0 saturated carbocycles. The highest BCUT2D eigenvalue weighted by Gasteiger charge is 2.52. The Balaban J connectivity index is 1.80. The van der Waals surface area contributed by atoms with Gasteiger partial charge in [-0.1, -0.05) is 6.07 Å². The van der Waals surface area contributed by atoms with Crippen molar-refractivity contribution in [3.63, 3.8) is 0 Å². The largest absolute Gasteiger partial charge is 0.505 e. The molecule has 3 heterocycles. The Morgan fingerprint density at radius 1 is 1.27 bits per heavy atom. The number of sulfonamides is 1. The molecule has 144 valence electrons. The smallest absolute Gasteiger partial charge is 0.481 e. The third-order valence-corrected chi connectivity index (χ3v) is 8.85.